The first-order valence-corrected chi connectivity index (χ1v) is 11.8. The van der Waals surface area contributed by atoms with E-state index in [1.165, 1.54) is 17.7 Å². The lowest BCUT2D eigenvalue weighted by Crippen LogP contribution is -2.43. The second kappa shape index (κ2) is 14.4. The molecule has 1 aromatic carbocycles. The van der Waals surface area contributed by atoms with Crippen LogP contribution in [0.15, 0.2) is 63.0 Å². The highest BCUT2D eigenvalue weighted by atomic mass is 127. The van der Waals surface area contributed by atoms with Gasteiger partial charge in [0.25, 0.3) is 0 Å². The highest BCUT2D eigenvalue weighted by Crippen LogP contribution is 2.24. The van der Waals surface area contributed by atoms with Crippen molar-refractivity contribution in [3.8, 4) is 0 Å². The normalized spacial score (nSPS) is 15.1. The molecule has 1 unspecified atom stereocenters. The molecule has 0 radical (unpaired) electrons. The van der Waals surface area contributed by atoms with Crippen LogP contribution in [0, 0.1) is 0 Å². The number of guanidine groups is 1. The topological polar surface area (TPSA) is 73.1 Å². The van der Waals surface area contributed by atoms with Crippen LogP contribution in [0.5, 0.6) is 0 Å². The Labute approximate surface area is 212 Å². The van der Waals surface area contributed by atoms with Crippen molar-refractivity contribution in [3.63, 3.8) is 0 Å². The van der Waals surface area contributed by atoms with Crippen molar-refractivity contribution in [1.82, 2.24) is 20.4 Å². The van der Waals surface area contributed by atoms with Crippen molar-refractivity contribution < 1.29 is 9.21 Å². The lowest BCUT2D eigenvalue weighted by molar-refractivity contribution is -0.127. The van der Waals surface area contributed by atoms with E-state index in [1.807, 2.05) is 30.3 Å². The summed E-state index contributed by atoms with van der Waals surface area (Å²) in [6, 6.07) is 14.4. The molecule has 0 aliphatic carbocycles. The van der Waals surface area contributed by atoms with Crippen LogP contribution in [0.1, 0.15) is 24.6 Å². The molecule has 7 nitrogen and oxygen atoms in total. The minimum Gasteiger partial charge on any atom is -0.468 e. The Bertz CT molecular complexity index is 811. The molecular weight excluding hydrogens is 537 g/mol. The number of benzene rings is 1. The standard InChI is InChI=1S/C23H33N5O2S.HI/c1-27(2)22(29)18-26-23(24-12-16-31-19-9-4-3-5-10-19)25-17-20(21-11-8-15-30-21)28-13-6-7-14-28;/h3-5,8-11,15,20H,6-7,12-14,16-18H2,1-2H3,(H2,24,25,26);1H. The molecule has 1 saturated heterocycles. The fourth-order valence-electron chi connectivity index (χ4n) is 3.45. The van der Waals surface area contributed by atoms with Crippen molar-refractivity contribution in [2.45, 2.75) is 23.8 Å². The highest BCUT2D eigenvalue weighted by molar-refractivity contribution is 14.0. The Morgan fingerprint density at radius 3 is 2.56 bits per heavy atom. The van der Waals surface area contributed by atoms with Gasteiger partial charge >= 0.3 is 0 Å². The molecule has 176 valence electrons. The van der Waals surface area contributed by atoms with Gasteiger partial charge in [-0.05, 0) is 50.2 Å². The third-order valence-electron chi connectivity index (χ3n) is 5.19. The quantitative estimate of drug-likeness (QED) is 0.150. The van der Waals surface area contributed by atoms with Crippen LogP contribution in [-0.4, -0.2) is 74.2 Å². The lowest BCUT2D eigenvalue weighted by Gasteiger charge is -2.26. The van der Waals surface area contributed by atoms with Crippen LogP contribution >= 0.6 is 35.7 Å². The van der Waals surface area contributed by atoms with E-state index in [-0.39, 0.29) is 42.5 Å². The zero-order chi connectivity index (χ0) is 21.9. The number of halogens is 1. The van der Waals surface area contributed by atoms with E-state index in [1.54, 1.807) is 37.0 Å². The Morgan fingerprint density at radius 2 is 1.91 bits per heavy atom. The van der Waals surface area contributed by atoms with Gasteiger partial charge in [-0.25, -0.2) is 4.99 Å². The fraction of sp³-hybridized carbons (Fsp3) is 0.478. The van der Waals surface area contributed by atoms with E-state index < -0.39 is 0 Å². The third-order valence-corrected chi connectivity index (χ3v) is 6.21. The van der Waals surface area contributed by atoms with E-state index in [9.17, 15) is 4.79 Å². The van der Waals surface area contributed by atoms with Crippen LogP contribution in [0.4, 0.5) is 0 Å². The monoisotopic (exact) mass is 571 g/mol. The van der Waals surface area contributed by atoms with E-state index >= 15 is 0 Å². The fourth-order valence-corrected chi connectivity index (χ4v) is 4.24. The van der Waals surface area contributed by atoms with Gasteiger partial charge in [-0.3, -0.25) is 9.69 Å². The van der Waals surface area contributed by atoms with Gasteiger partial charge in [0.2, 0.25) is 5.91 Å². The van der Waals surface area contributed by atoms with E-state index in [0.29, 0.717) is 12.5 Å². The first kappa shape index (κ1) is 26.5. The molecule has 1 fully saturated rings. The zero-order valence-corrected chi connectivity index (χ0v) is 22.0. The zero-order valence-electron chi connectivity index (χ0n) is 18.8. The SMILES string of the molecule is CN(C)C(=O)CN=C(NCCSc1ccccc1)NCC(c1ccco1)N1CCCC1.I. The molecule has 1 aliphatic rings. The Morgan fingerprint density at radius 1 is 1.16 bits per heavy atom. The van der Waals surface area contributed by atoms with Crippen LogP contribution < -0.4 is 10.6 Å². The average molecular weight is 572 g/mol. The number of aliphatic imine (C=N–C) groups is 1. The molecule has 9 heteroatoms. The molecule has 1 atom stereocenters. The van der Waals surface area contributed by atoms with Crippen molar-refractivity contribution in [1.29, 1.82) is 0 Å². The predicted molar refractivity (Wildman–Crippen MR) is 142 cm³/mol. The summed E-state index contributed by atoms with van der Waals surface area (Å²) in [5, 5.41) is 6.81. The van der Waals surface area contributed by atoms with Crippen LogP contribution in [0.3, 0.4) is 0 Å². The van der Waals surface area contributed by atoms with E-state index in [0.717, 1.165) is 31.1 Å². The summed E-state index contributed by atoms with van der Waals surface area (Å²) < 4.78 is 5.71. The van der Waals surface area contributed by atoms with Gasteiger partial charge in [-0.1, -0.05) is 18.2 Å². The minimum absolute atomic E-state index is 0. The second-order valence-corrected chi connectivity index (χ2v) is 8.86. The summed E-state index contributed by atoms with van der Waals surface area (Å²) in [7, 11) is 3.49. The summed E-state index contributed by atoms with van der Waals surface area (Å²) in [4.78, 5) is 21.8. The van der Waals surface area contributed by atoms with Gasteiger partial charge in [0.1, 0.15) is 12.3 Å². The lowest BCUT2D eigenvalue weighted by atomic mass is 10.2. The van der Waals surface area contributed by atoms with E-state index in [4.69, 9.17) is 4.42 Å². The number of amides is 1. The number of rotatable bonds is 10. The molecule has 32 heavy (non-hydrogen) atoms. The van der Waals surface area contributed by atoms with Crippen LogP contribution in [0.25, 0.3) is 0 Å². The van der Waals surface area contributed by atoms with Crippen molar-refractivity contribution in [2.75, 3.05) is 52.6 Å². The Balaban J connectivity index is 0.00000363. The Kier molecular flexibility index (Phi) is 12.0. The number of nitrogens with one attached hydrogen (secondary N) is 2. The molecule has 2 N–H and O–H groups in total. The number of carbonyl (C=O) groups excluding carboxylic acids is 1. The van der Waals surface area contributed by atoms with E-state index in [2.05, 4.69) is 32.7 Å². The maximum absolute atomic E-state index is 12.0. The maximum Gasteiger partial charge on any atom is 0.243 e. The number of likely N-dealkylation sites (tertiary alicyclic amines) is 1. The summed E-state index contributed by atoms with van der Waals surface area (Å²) >= 11 is 1.79. The molecule has 0 bridgehead atoms. The van der Waals surface area contributed by atoms with Crippen molar-refractivity contribution in [2.24, 2.45) is 4.99 Å². The molecular formula is C23H34IN5O2S. The predicted octanol–water partition coefficient (Wildman–Crippen LogP) is 3.45. The van der Waals surface area contributed by atoms with Gasteiger partial charge in [0.15, 0.2) is 5.96 Å². The van der Waals surface area contributed by atoms with Gasteiger partial charge in [-0.15, -0.1) is 35.7 Å². The average Bonchev–Trinajstić information content (AvgIpc) is 3.50. The number of furan rings is 1. The summed E-state index contributed by atoms with van der Waals surface area (Å²) in [5.74, 6) is 2.49. The van der Waals surface area contributed by atoms with Gasteiger partial charge in [0, 0.05) is 37.8 Å². The number of nitrogens with zero attached hydrogens (tertiary/aromatic N) is 3. The van der Waals surface area contributed by atoms with Gasteiger partial charge < -0.3 is 20.0 Å². The number of hydrogen-bond acceptors (Lipinski definition) is 5. The summed E-state index contributed by atoms with van der Waals surface area (Å²) in [6.07, 6.45) is 4.15. The minimum atomic E-state index is -0.0260. The van der Waals surface area contributed by atoms with Crippen LogP contribution in [0.2, 0.25) is 0 Å². The molecule has 1 aromatic heterocycles. The first-order chi connectivity index (χ1) is 15.1. The molecule has 0 spiro atoms. The first-order valence-electron chi connectivity index (χ1n) is 10.8. The second-order valence-electron chi connectivity index (χ2n) is 7.70. The molecule has 3 rings (SSSR count). The molecule has 0 saturated carbocycles. The number of thioether (sulfide) groups is 1. The van der Waals surface area contributed by atoms with Gasteiger partial charge in [-0.2, -0.15) is 0 Å². The highest BCUT2D eigenvalue weighted by Gasteiger charge is 2.25. The van der Waals surface area contributed by atoms with Gasteiger partial charge in [0.05, 0.1) is 12.3 Å². The summed E-state index contributed by atoms with van der Waals surface area (Å²) in [6.45, 7) is 3.67. The van der Waals surface area contributed by atoms with Crippen molar-refractivity contribution in [3.05, 3.63) is 54.5 Å². The number of carbonyl (C=O) groups is 1. The molecule has 1 amide bonds. The van der Waals surface area contributed by atoms with Crippen LogP contribution in [-0.2, 0) is 4.79 Å². The number of likely N-dealkylation sites (N-methyl/N-ethyl adjacent to an activating group) is 1. The molecule has 1 aliphatic heterocycles. The molecule has 2 aromatic rings. The number of hydrogen-bond donors (Lipinski definition) is 2. The molecule has 2 heterocycles. The smallest absolute Gasteiger partial charge is 0.243 e. The third kappa shape index (κ3) is 8.67. The van der Waals surface area contributed by atoms with Crippen molar-refractivity contribution >= 4 is 47.6 Å². The maximum atomic E-state index is 12.0. The largest absolute Gasteiger partial charge is 0.468 e. The Hall–Kier alpha value is -1.72. The summed E-state index contributed by atoms with van der Waals surface area (Å²) in [5.41, 5.74) is 0.